The van der Waals surface area contributed by atoms with Gasteiger partial charge in [0.1, 0.15) is 16.8 Å². The number of nitrogens with zero attached hydrogens (tertiary/aromatic N) is 3. The minimum atomic E-state index is -0.350. The first kappa shape index (κ1) is 11.6. The number of aliphatic hydroxyl groups excluding tert-OH is 1. The number of rotatable bonds is 2. The minimum Gasteiger partial charge on any atom is -0.391 e. The summed E-state index contributed by atoms with van der Waals surface area (Å²) in [6.07, 6.45) is 1.73. The molecule has 0 radical (unpaired) electrons. The molecule has 0 aromatic carbocycles. The van der Waals surface area contributed by atoms with Gasteiger partial charge in [0, 0.05) is 12.6 Å². The highest BCUT2D eigenvalue weighted by atomic mass is 35.5. The Morgan fingerprint density at radius 3 is 2.94 bits per heavy atom. The number of hydrogen-bond donors (Lipinski definition) is 1. The van der Waals surface area contributed by atoms with Crippen LogP contribution >= 0.6 is 11.6 Å². The van der Waals surface area contributed by atoms with Crippen molar-refractivity contribution in [2.24, 2.45) is 0 Å². The first-order chi connectivity index (χ1) is 7.58. The van der Waals surface area contributed by atoms with Crippen LogP contribution in [0.3, 0.4) is 0 Å². The lowest BCUT2D eigenvalue weighted by molar-refractivity contribution is 0.164. The van der Waals surface area contributed by atoms with E-state index < -0.39 is 0 Å². The van der Waals surface area contributed by atoms with E-state index in [9.17, 15) is 5.11 Å². The van der Waals surface area contributed by atoms with E-state index in [4.69, 9.17) is 11.6 Å². The van der Waals surface area contributed by atoms with Gasteiger partial charge in [0.2, 0.25) is 0 Å². The summed E-state index contributed by atoms with van der Waals surface area (Å²) in [4.78, 5) is 10.5. The van der Waals surface area contributed by atoms with Crippen molar-refractivity contribution in [2.45, 2.75) is 38.8 Å². The normalized spacial score (nSPS) is 22.5. The summed E-state index contributed by atoms with van der Waals surface area (Å²) in [5.41, 5.74) is 0. The Bertz CT molecular complexity index is 363. The molecule has 88 valence electrons. The summed E-state index contributed by atoms with van der Waals surface area (Å²) in [5.74, 6) is 1.49. The van der Waals surface area contributed by atoms with E-state index >= 15 is 0 Å². The van der Waals surface area contributed by atoms with Gasteiger partial charge in [-0.3, -0.25) is 0 Å². The fourth-order valence-electron chi connectivity index (χ4n) is 2.24. The van der Waals surface area contributed by atoms with E-state index in [-0.39, 0.29) is 12.1 Å². The van der Waals surface area contributed by atoms with Gasteiger partial charge in [0.05, 0.1) is 12.1 Å². The minimum absolute atomic E-state index is 0.144. The third-order valence-corrected chi connectivity index (χ3v) is 3.14. The summed E-state index contributed by atoms with van der Waals surface area (Å²) in [5, 5.41) is 10.2. The molecule has 2 rings (SSSR count). The van der Waals surface area contributed by atoms with Crippen molar-refractivity contribution >= 4 is 17.4 Å². The van der Waals surface area contributed by atoms with Crippen LogP contribution in [0.1, 0.15) is 25.6 Å². The summed E-state index contributed by atoms with van der Waals surface area (Å²) < 4.78 is 0. The topological polar surface area (TPSA) is 49.2 Å². The molecule has 1 aromatic rings. The molecule has 0 spiro atoms. The SMILES string of the molecule is Cc1nc(Cl)cc(N2CCC[C@H]2[C@@H](C)O)n1. The zero-order chi connectivity index (χ0) is 11.7. The smallest absolute Gasteiger partial charge is 0.134 e. The quantitative estimate of drug-likeness (QED) is 0.802. The van der Waals surface area contributed by atoms with E-state index in [1.54, 1.807) is 6.07 Å². The number of aliphatic hydroxyl groups is 1. The second kappa shape index (κ2) is 4.55. The number of aromatic nitrogens is 2. The van der Waals surface area contributed by atoms with Gasteiger partial charge in [-0.2, -0.15) is 0 Å². The molecular formula is C11H16ClN3O. The van der Waals surface area contributed by atoms with Crippen LogP contribution in [-0.2, 0) is 0 Å². The highest BCUT2D eigenvalue weighted by Crippen LogP contribution is 2.27. The molecular weight excluding hydrogens is 226 g/mol. The van der Waals surface area contributed by atoms with Crippen LogP contribution in [0.4, 0.5) is 5.82 Å². The third-order valence-electron chi connectivity index (χ3n) is 2.94. The fourth-order valence-corrected chi connectivity index (χ4v) is 2.46. The first-order valence-electron chi connectivity index (χ1n) is 5.54. The summed E-state index contributed by atoms with van der Waals surface area (Å²) in [7, 11) is 0. The Morgan fingerprint density at radius 1 is 1.56 bits per heavy atom. The Labute approximate surface area is 100 Å². The number of aryl methyl sites for hydroxylation is 1. The average Bonchev–Trinajstić information content (AvgIpc) is 2.63. The third kappa shape index (κ3) is 2.28. The lowest BCUT2D eigenvalue weighted by atomic mass is 10.1. The predicted octanol–water partition coefficient (Wildman–Crippen LogP) is 1.79. The standard InChI is InChI=1S/C11H16ClN3O/c1-7(16)9-4-3-5-15(9)11-6-10(12)13-8(2)14-11/h6-7,9,16H,3-5H2,1-2H3/t7-,9+/m1/s1. The van der Waals surface area contributed by atoms with E-state index in [1.165, 1.54) is 0 Å². The van der Waals surface area contributed by atoms with Crippen molar-refractivity contribution in [1.29, 1.82) is 0 Å². The molecule has 1 aromatic heterocycles. The lowest BCUT2D eigenvalue weighted by Gasteiger charge is -2.27. The molecule has 1 aliphatic rings. The molecule has 0 bridgehead atoms. The molecule has 2 heterocycles. The van der Waals surface area contributed by atoms with E-state index in [2.05, 4.69) is 14.9 Å². The van der Waals surface area contributed by atoms with E-state index in [0.717, 1.165) is 25.2 Å². The van der Waals surface area contributed by atoms with Crippen LogP contribution in [0.5, 0.6) is 0 Å². The summed E-state index contributed by atoms with van der Waals surface area (Å²) in [6, 6.07) is 1.90. The maximum absolute atomic E-state index is 9.70. The molecule has 5 heteroatoms. The Kier molecular flexibility index (Phi) is 3.30. The Hall–Kier alpha value is -0.870. The van der Waals surface area contributed by atoms with Crippen LogP contribution in [-0.4, -0.2) is 33.8 Å². The van der Waals surface area contributed by atoms with E-state index in [1.807, 2.05) is 13.8 Å². The van der Waals surface area contributed by atoms with Gasteiger partial charge in [-0.05, 0) is 26.7 Å². The van der Waals surface area contributed by atoms with Crippen LogP contribution in [0, 0.1) is 6.92 Å². The molecule has 0 saturated carbocycles. The lowest BCUT2D eigenvalue weighted by Crippen LogP contribution is -2.38. The molecule has 16 heavy (non-hydrogen) atoms. The van der Waals surface area contributed by atoms with Crippen molar-refractivity contribution in [3.8, 4) is 0 Å². The summed E-state index contributed by atoms with van der Waals surface area (Å²) in [6.45, 7) is 4.56. The highest BCUT2D eigenvalue weighted by molar-refractivity contribution is 6.29. The summed E-state index contributed by atoms with van der Waals surface area (Å²) >= 11 is 5.92. The van der Waals surface area contributed by atoms with Crippen LogP contribution < -0.4 is 4.90 Å². The van der Waals surface area contributed by atoms with Gasteiger partial charge in [-0.15, -0.1) is 0 Å². The predicted molar refractivity (Wildman–Crippen MR) is 63.8 cm³/mol. The molecule has 0 unspecified atom stereocenters. The van der Waals surface area contributed by atoms with Crippen molar-refractivity contribution in [3.05, 3.63) is 17.0 Å². The molecule has 1 saturated heterocycles. The second-order valence-electron chi connectivity index (χ2n) is 4.24. The molecule has 0 amide bonds. The second-order valence-corrected chi connectivity index (χ2v) is 4.63. The largest absolute Gasteiger partial charge is 0.391 e. The number of hydrogen-bond acceptors (Lipinski definition) is 4. The maximum atomic E-state index is 9.70. The zero-order valence-electron chi connectivity index (χ0n) is 9.52. The fraction of sp³-hybridized carbons (Fsp3) is 0.636. The average molecular weight is 242 g/mol. The molecule has 1 N–H and O–H groups in total. The Balaban J connectivity index is 2.29. The molecule has 1 fully saturated rings. The monoisotopic (exact) mass is 241 g/mol. The van der Waals surface area contributed by atoms with Crippen LogP contribution in [0.15, 0.2) is 6.07 Å². The van der Waals surface area contributed by atoms with Gasteiger partial charge in [0.15, 0.2) is 0 Å². The van der Waals surface area contributed by atoms with E-state index in [0.29, 0.717) is 11.0 Å². The Morgan fingerprint density at radius 2 is 2.31 bits per heavy atom. The maximum Gasteiger partial charge on any atom is 0.134 e. The molecule has 4 nitrogen and oxygen atoms in total. The first-order valence-corrected chi connectivity index (χ1v) is 5.91. The van der Waals surface area contributed by atoms with Crippen molar-refractivity contribution in [3.63, 3.8) is 0 Å². The van der Waals surface area contributed by atoms with Gasteiger partial charge >= 0.3 is 0 Å². The van der Waals surface area contributed by atoms with Gasteiger partial charge in [0.25, 0.3) is 0 Å². The molecule has 1 aliphatic heterocycles. The molecule has 2 atom stereocenters. The van der Waals surface area contributed by atoms with Crippen molar-refractivity contribution < 1.29 is 5.11 Å². The number of halogens is 1. The van der Waals surface area contributed by atoms with Gasteiger partial charge in [-0.25, -0.2) is 9.97 Å². The van der Waals surface area contributed by atoms with Crippen molar-refractivity contribution in [1.82, 2.24) is 9.97 Å². The van der Waals surface area contributed by atoms with Crippen molar-refractivity contribution in [2.75, 3.05) is 11.4 Å². The number of anilines is 1. The van der Waals surface area contributed by atoms with Crippen LogP contribution in [0.2, 0.25) is 5.15 Å². The highest BCUT2D eigenvalue weighted by Gasteiger charge is 2.29. The van der Waals surface area contributed by atoms with Gasteiger partial charge in [-0.1, -0.05) is 11.6 Å². The molecule has 0 aliphatic carbocycles. The van der Waals surface area contributed by atoms with Crippen LogP contribution in [0.25, 0.3) is 0 Å². The van der Waals surface area contributed by atoms with Gasteiger partial charge < -0.3 is 10.0 Å². The zero-order valence-corrected chi connectivity index (χ0v) is 10.3.